The van der Waals surface area contributed by atoms with Crippen LogP contribution in [0.2, 0.25) is 0 Å². The van der Waals surface area contributed by atoms with Crippen LogP contribution >= 0.6 is 0 Å². The van der Waals surface area contributed by atoms with Crippen molar-refractivity contribution in [1.29, 1.82) is 0 Å². The minimum atomic E-state index is 0.103. The highest BCUT2D eigenvalue weighted by molar-refractivity contribution is 5.96. The van der Waals surface area contributed by atoms with Crippen molar-refractivity contribution < 1.29 is 14.3 Å². The zero-order valence-electron chi connectivity index (χ0n) is 9.16. The molecule has 0 aliphatic heterocycles. The SMILES string of the molecule is CCOCCC(=O)c1ccc(OC)cc1. The minimum absolute atomic E-state index is 0.103. The van der Waals surface area contributed by atoms with Crippen molar-refractivity contribution in [3.63, 3.8) is 0 Å². The summed E-state index contributed by atoms with van der Waals surface area (Å²) in [6.45, 7) is 3.05. The van der Waals surface area contributed by atoms with E-state index >= 15 is 0 Å². The summed E-state index contributed by atoms with van der Waals surface area (Å²) in [6.07, 6.45) is 0.431. The summed E-state index contributed by atoms with van der Waals surface area (Å²) in [7, 11) is 1.60. The second-order valence-electron chi connectivity index (χ2n) is 3.10. The normalized spacial score (nSPS) is 10.0. The fourth-order valence-corrected chi connectivity index (χ4v) is 1.23. The number of rotatable bonds is 6. The average Bonchev–Trinajstić information content (AvgIpc) is 2.29. The summed E-state index contributed by atoms with van der Waals surface area (Å²) in [6, 6.07) is 7.11. The number of carbonyl (C=O) groups excluding carboxylic acids is 1. The van der Waals surface area contributed by atoms with E-state index in [1.165, 1.54) is 0 Å². The van der Waals surface area contributed by atoms with Crippen molar-refractivity contribution in [1.82, 2.24) is 0 Å². The Hall–Kier alpha value is -1.35. The van der Waals surface area contributed by atoms with Crippen LogP contribution in [0.15, 0.2) is 24.3 Å². The molecule has 3 heteroatoms. The summed E-state index contributed by atoms with van der Waals surface area (Å²) in [5, 5.41) is 0. The highest BCUT2D eigenvalue weighted by Crippen LogP contribution is 2.12. The lowest BCUT2D eigenvalue weighted by Crippen LogP contribution is -2.04. The molecule has 0 heterocycles. The van der Waals surface area contributed by atoms with Crippen LogP contribution in [0.4, 0.5) is 0 Å². The summed E-state index contributed by atoms with van der Waals surface area (Å²) >= 11 is 0. The molecular weight excluding hydrogens is 192 g/mol. The number of ketones is 1. The summed E-state index contributed by atoms with van der Waals surface area (Å²) in [4.78, 5) is 11.6. The molecule has 1 rings (SSSR count). The standard InChI is InChI=1S/C12H16O3/c1-3-15-9-8-12(13)10-4-6-11(14-2)7-5-10/h4-7H,3,8-9H2,1-2H3. The maximum Gasteiger partial charge on any atom is 0.165 e. The van der Waals surface area contributed by atoms with Crippen LogP contribution in [0.25, 0.3) is 0 Å². The summed E-state index contributed by atoms with van der Waals surface area (Å²) in [5.41, 5.74) is 0.704. The predicted octanol–water partition coefficient (Wildman–Crippen LogP) is 2.30. The molecule has 0 atom stereocenters. The van der Waals surface area contributed by atoms with E-state index in [2.05, 4.69) is 0 Å². The molecule has 0 amide bonds. The minimum Gasteiger partial charge on any atom is -0.497 e. The average molecular weight is 208 g/mol. The highest BCUT2D eigenvalue weighted by atomic mass is 16.5. The molecule has 0 aromatic heterocycles. The molecule has 0 unspecified atom stereocenters. The lowest BCUT2D eigenvalue weighted by atomic mass is 10.1. The Morgan fingerprint density at radius 2 is 1.93 bits per heavy atom. The Morgan fingerprint density at radius 3 is 2.47 bits per heavy atom. The maximum atomic E-state index is 11.6. The molecule has 0 saturated heterocycles. The second-order valence-corrected chi connectivity index (χ2v) is 3.10. The Balaban J connectivity index is 2.50. The zero-order valence-corrected chi connectivity index (χ0v) is 9.16. The summed E-state index contributed by atoms with van der Waals surface area (Å²) in [5.74, 6) is 0.863. The third kappa shape index (κ3) is 3.72. The molecule has 0 aliphatic carbocycles. The lowest BCUT2D eigenvalue weighted by molar-refractivity contribution is 0.0896. The second kappa shape index (κ2) is 6.19. The van der Waals surface area contributed by atoms with Gasteiger partial charge in [-0.2, -0.15) is 0 Å². The Bertz CT molecular complexity index is 303. The quantitative estimate of drug-likeness (QED) is 0.531. The number of Topliss-reactive ketones (excluding diaryl/α,β-unsaturated/α-hetero) is 1. The van der Waals surface area contributed by atoms with Crippen molar-refractivity contribution in [2.75, 3.05) is 20.3 Å². The predicted molar refractivity (Wildman–Crippen MR) is 58.4 cm³/mol. The van der Waals surface area contributed by atoms with Crippen molar-refractivity contribution >= 4 is 5.78 Å². The van der Waals surface area contributed by atoms with Gasteiger partial charge in [0.05, 0.1) is 13.7 Å². The van der Waals surface area contributed by atoms with Crippen LogP contribution in [-0.4, -0.2) is 26.1 Å². The third-order valence-electron chi connectivity index (χ3n) is 2.09. The van der Waals surface area contributed by atoms with Gasteiger partial charge in [0, 0.05) is 18.6 Å². The van der Waals surface area contributed by atoms with Gasteiger partial charge in [0.15, 0.2) is 5.78 Å². The van der Waals surface area contributed by atoms with Gasteiger partial charge in [-0.25, -0.2) is 0 Å². The number of benzene rings is 1. The molecule has 0 spiro atoms. The molecule has 3 nitrogen and oxygen atoms in total. The fourth-order valence-electron chi connectivity index (χ4n) is 1.23. The summed E-state index contributed by atoms with van der Waals surface area (Å²) < 4.78 is 10.1. The van der Waals surface area contributed by atoms with Crippen LogP contribution < -0.4 is 4.74 Å². The van der Waals surface area contributed by atoms with Crippen molar-refractivity contribution in [2.45, 2.75) is 13.3 Å². The smallest absolute Gasteiger partial charge is 0.165 e. The molecule has 0 radical (unpaired) electrons. The van der Waals surface area contributed by atoms with Gasteiger partial charge >= 0.3 is 0 Å². The van der Waals surface area contributed by atoms with Gasteiger partial charge in [0.1, 0.15) is 5.75 Å². The lowest BCUT2D eigenvalue weighted by Gasteiger charge is -2.03. The van der Waals surface area contributed by atoms with Gasteiger partial charge in [-0.1, -0.05) is 0 Å². The number of hydrogen-bond donors (Lipinski definition) is 0. The van der Waals surface area contributed by atoms with Gasteiger partial charge in [-0.05, 0) is 31.2 Å². The van der Waals surface area contributed by atoms with Gasteiger partial charge in [-0.3, -0.25) is 4.79 Å². The van der Waals surface area contributed by atoms with Crippen molar-refractivity contribution in [3.8, 4) is 5.75 Å². The zero-order chi connectivity index (χ0) is 11.1. The fraction of sp³-hybridized carbons (Fsp3) is 0.417. The van der Waals surface area contributed by atoms with E-state index in [1.807, 2.05) is 6.92 Å². The van der Waals surface area contributed by atoms with E-state index in [-0.39, 0.29) is 5.78 Å². The topological polar surface area (TPSA) is 35.5 Å². The Labute approximate surface area is 90.0 Å². The van der Waals surface area contributed by atoms with Gasteiger partial charge in [0.25, 0.3) is 0 Å². The maximum absolute atomic E-state index is 11.6. The first-order chi connectivity index (χ1) is 7.27. The first-order valence-corrected chi connectivity index (χ1v) is 5.03. The number of carbonyl (C=O) groups is 1. The van der Waals surface area contributed by atoms with Crippen LogP contribution in [0.1, 0.15) is 23.7 Å². The van der Waals surface area contributed by atoms with Gasteiger partial charge in [0.2, 0.25) is 0 Å². The Morgan fingerprint density at radius 1 is 1.27 bits per heavy atom. The van der Waals surface area contributed by atoms with Crippen molar-refractivity contribution in [2.24, 2.45) is 0 Å². The van der Waals surface area contributed by atoms with E-state index in [0.29, 0.717) is 25.2 Å². The number of methoxy groups -OCH3 is 1. The largest absolute Gasteiger partial charge is 0.497 e. The van der Waals surface area contributed by atoms with Gasteiger partial charge < -0.3 is 9.47 Å². The van der Waals surface area contributed by atoms with E-state index in [9.17, 15) is 4.79 Å². The van der Waals surface area contributed by atoms with Gasteiger partial charge in [-0.15, -0.1) is 0 Å². The van der Waals surface area contributed by atoms with Crippen LogP contribution in [0.3, 0.4) is 0 Å². The van der Waals surface area contributed by atoms with Crippen LogP contribution in [0, 0.1) is 0 Å². The molecule has 0 aliphatic rings. The molecule has 82 valence electrons. The van der Waals surface area contributed by atoms with E-state index in [0.717, 1.165) is 5.75 Å². The molecule has 15 heavy (non-hydrogen) atoms. The van der Waals surface area contributed by atoms with Crippen LogP contribution in [-0.2, 0) is 4.74 Å². The first-order valence-electron chi connectivity index (χ1n) is 5.03. The van der Waals surface area contributed by atoms with E-state index in [4.69, 9.17) is 9.47 Å². The van der Waals surface area contributed by atoms with Crippen LogP contribution in [0.5, 0.6) is 5.75 Å². The van der Waals surface area contributed by atoms with E-state index in [1.54, 1.807) is 31.4 Å². The van der Waals surface area contributed by atoms with E-state index < -0.39 is 0 Å². The monoisotopic (exact) mass is 208 g/mol. The molecule has 1 aromatic rings. The third-order valence-corrected chi connectivity index (χ3v) is 2.09. The molecule has 0 bridgehead atoms. The first kappa shape index (κ1) is 11.7. The highest BCUT2D eigenvalue weighted by Gasteiger charge is 2.05. The number of hydrogen-bond acceptors (Lipinski definition) is 3. The molecule has 0 fully saturated rings. The van der Waals surface area contributed by atoms with Crippen molar-refractivity contribution in [3.05, 3.63) is 29.8 Å². The molecular formula is C12H16O3. The number of ether oxygens (including phenoxy) is 2. The molecule has 1 aromatic carbocycles. The molecule has 0 saturated carbocycles. The Kier molecular flexibility index (Phi) is 4.84. The molecule has 0 N–H and O–H groups in total.